The molecule has 1 aliphatic heterocycles. The van der Waals surface area contributed by atoms with Crippen LogP contribution in [0.25, 0.3) is 0 Å². The summed E-state index contributed by atoms with van der Waals surface area (Å²) < 4.78 is 16.1. The number of nitrogens with two attached hydrogens (primary N) is 1. The van der Waals surface area contributed by atoms with Crippen LogP contribution in [0.3, 0.4) is 0 Å². The molecule has 0 spiro atoms. The number of hydrogen-bond donors (Lipinski definition) is 2. The molecule has 0 bridgehead atoms. The molecule has 1 saturated heterocycles. The number of hydrogen-bond acceptors (Lipinski definition) is 5. The molecular weight excluding hydrogens is 264 g/mol. The SMILES string of the molecule is COC(=O)c1cccc(N)c1NC1CCS(=O)CC1. The highest BCUT2D eigenvalue weighted by atomic mass is 32.2. The lowest BCUT2D eigenvalue weighted by Gasteiger charge is -2.25. The molecule has 0 amide bonds. The van der Waals surface area contributed by atoms with E-state index in [-0.39, 0.29) is 6.04 Å². The molecule has 0 radical (unpaired) electrons. The number of ether oxygens (including phenoxy) is 1. The van der Waals surface area contributed by atoms with Crippen molar-refractivity contribution in [2.75, 3.05) is 29.7 Å². The summed E-state index contributed by atoms with van der Waals surface area (Å²) in [6, 6.07) is 5.36. The highest BCUT2D eigenvalue weighted by Crippen LogP contribution is 2.27. The van der Waals surface area contributed by atoms with Crippen LogP contribution >= 0.6 is 0 Å². The first-order valence-electron chi connectivity index (χ1n) is 6.20. The Balaban J connectivity index is 2.19. The molecule has 1 heterocycles. The van der Waals surface area contributed by atoms with Crippen LogP contribution in [0, 0.1) is 0 Å². The van der Waals surface area contributed by atoms with Crippen molar-refractivity contribution in [1.29, 1.82) is 0 Å². The zero-order valence-electron chi connectivity index (χ0n) is 10.8. The van der Waals surface area contributed by atoms with Gasteiger partial charge in [0.25, 0.3) is 0 Å². The summed E-state index contributed by atoms with van der Waals surface area (Å²) >= 11 is 0. The standard InChI is InChI=1S/C13H18N2O3S/c1-18-13(16)10-3-2-4-11(14)12(10)15-9-5-7-19(17)8-6-9/h2-4,9,15H,5-8,14H2,1H3. The third-order valence-corrected chi connectivity index (χ3v) is 4.62. The van der Waals surface area contributed by atoms with Gasteiger partial charge in [0.15, 0.2) is 0 Å². The first-order chi connectivity index (χ1) is 9.11. The monoisotopic (exact) mass is 282 g/mol. The lowest BCUT2D eigenvalue weighted by molar-refractivity contribution is 0.0602. The lowest BCUT2D eigenvalue weighted by atomic mass is 10.1. The summed E-state index contributed by atoms with van der Waals surface area (Å²) in [5.41, 5.74) is 7.51. The number of para-hydroxylation sites is 1. The van der Waals surface area contributed by atoms with Gasteiger partial charge in [-0.3, -0.25) is 4.21 Å². The number of anilines is 2. The van der Waals surface area contributed by atoms with E-state index in [0.29, 0.717) is 28.4 Å². The summed E-state index contributed by atoms with van der Waals surface area (Å²) in [6.45, 7) is 0. The molecule has 0 aliphatic carbocycles. The molecule has 5 nitrogen and oxygen atoms in total. The molecule has 2 rings (SSSR count). The van der Waals surface area contributed by atoms with Crippen LogP contribution in [-0.4, -0.2) is 34.8 Å². The van der Waals surface area contributed by atoms with Crippen LogP contribution in [0.15, 0.2) is 18.2 Å². The van der Waals surface area contributed by atoms with Gasteiger partial charge in [0.2, 0.25) is 0 Å². The van der Waals surface area contributed by atoms with Crippen molar-refractivity contribution in [3.63, 3.8) is 0 Å². The molecule has 104 valence electrons. The largest absolute Gasteiger partial charge is 0.465 e. The molecule has 1 aromatic carbocycles. The van der Waals surface area contributed by atoms with Gasteiger partial charge in [0, 0.05) is 28.3 Å². The highest BCUT2D eigenvalue weighted by molar-refractivity contribution is 7.85. The maximum absolute atomic E-state index is 11.7. The summed E-state index contributed by atoms with van der Waals surface area (Å²) in [4.78, 5) is 11.7. The maximum Gasteiger partial charge on any atom is 0.340 e. The smallest absolute Gasteiger partial charge is 0.340 e. The number of benzene rings is 1. The molecular formula is C13H18N2O3S. The molecule has 1 aliphatic rings. The minimum absolute atomic E-state index is 0.200. The minimum Gasteiger partial charge on any atom is -0.465 e. The fraction of sp³-hybridized carbons (Fsp3) is 0.462. The maximum atomic E-state index is 11.7. The van der Waals surface area contributed by atoms with Crippen LogP contribution in [0.1, 0.15) is 23.2 Å². The quantitative estimate of drug-likeness (QED) is 0.646. The van der Waals surface area contributed by atoms with Crippen LogP contribution in [-0.2, 0) is 15.5 Å². The Morgan fingerprint density at radius 3 is 2.74 bits per heavy atom. The van der Waals surface area contributed by atoms with Gasteiger partial charge in [-0.05, 0) is 25.0 Å². The van der Waals surface area contributed by atoms with E-state index in [1.165, 1.54) is 7.11 Å². The van der Waals surface area contributed by atoms with Gasteiger partial charge in [-0.25, -0.2) is 4.79 Å². The Bertz CT molecular complexity index is 495. The Kier molecular flexibility index (Phi) is 4.42. The second kappa shape index (κ2) is 6.06. The molecule has 0 atom stereocenters. The van der Waals surface area contributed by atoms with Crippen LogP contribution in [0.2, 0.25) is 0 Å². The van der Waals surface area contributed by atoms with E-state index in [1.54, 1.807) is 18.2 Å². The number of nitrogen functional groups attached to an aromatic ring is 1. The van der Waals surface area contributed by atoms with Crippen molar-refractivity contribution in [2.24, 2.45) is 0 Å². The van der Waals surface area contributed by atoms with Gasteiger partial charge in [0.1, 0.15) is 0 Å². The van der Waals surface area contributed by atoms with Crippen LogP contribution < -0.4 is 11.1 Å². The number of esters is 1. The summed E-state index contributed by atoms with van der Waals surface area (Å²) in [6.07, 6.45) is 1.64. The average molecular weight is 282 g/mol. The highest BCUT2D eigenvalue weighted by Gasteiger charge is 2.21. The molecule has 6 heteroatoms. The van der Waals surface area contributed by atoms with Gasteiger partial charge in [-0.2, -0.15) is 0 Å². The predicted octanol–water partition coefficient (Wildman–Crippen LogP) is 1.38. The molecule has 0 saturated carbocycles. The van der Waals surface area contributed by atoms with Gasteiger partial charge in [-0.15, -0.1) is 0 Å². The zero-order valence-corrected chi connectivity index (χ0v) is 11.7. The summed E-state index contributed by atoms with van der Waals surface area (Å²) in [5, 5.41) is 3.29. The third kappa shape index (κ3) is 3.26. The third-order valence-electron chi connectivity index (χ3n) is 3.24. The fourth-order valence-corrected chi connectivity index (χ4v) is 3.45. The number of rotatable bonds is 3. The first-order valence-corrected chi connectivity index (χ1v) is 7.69. The zero-order chi connectivity index (χ0) is 13.8. The normalized spacial score (nSPS) is 22.8. The second-order valence-corrected chi connectivity index (χ2v) is 6.22. The van der Waals surface area contributed by atoms with Gasteiger partial charge < -0.3 is 15.8 Å². The number of nitrogens with one attached hydrogen (secondary N) is 1. The molecule has 3 N–H and O–H groups in total. The Morgan fingerprint density at radius 1 is 1.42 bits per heavy atom. The Hall–Kier alpha value is -1.56. The summed E-state index contributed by atoms with van der Waals surface area (Å²) in [5.74, 6) is 0.977. The molecule has 1 aromatic rings. The van der Waals surface area contributed by atoms with Crippen LogP contribution in [0.4, 0.5) is 11.4 Å². The van der Waals surface area contributed by atoms with Gasteiger partial charge in [-0.1, -0.05) is 6.07 Å². The van der Waals surface area contributed by atoms with E-state index in [2.05, 4.69) is 5.32 Å². The number of carbonyl (C=O) groups excluding carboxylic acids is 1. The number of methoxy groups -OCH3 is 1. The Morgan fingerprint density at radius 2 is 2.11 bits per heavy atom. The van der Waals surface area contributed by atoms with Crippen LogP contribution in [0.5, 0.6) is 0 Å². The van der Waals surface area contributed by atoms with Crippen molar-refractivity contribution in [2.45, 2.75) is 18.9 Å². The van der Waals surface area contributed by atoms with Gasteiger partial charge >= 0.3 is 5.97 Å². The average Bonchev–Trinajstić information content (AvgIpc) is 2.42. The van der Waals surface area contributed by atoms with Crippen molar-refractivity contribution in [1.82, 2.24) is 0 Å². The molecule has 0 unspecified atom stereocenters. The molecule has 19 heavy (non-hydrogen) atoms. The summed E-state index contributed by atoms with van der Waals surface area (Å²) in [7, 11) is 0.643. The molecule has 0 aromatic heterocycles. The van der Waals surface area contributed by atoms with Crippen molar-refractivity contribution >= 4 is 28.1 Å². The second-order valence-electron chi connectivity index (χ2n) is 4.53. The first kappa shape index (κ1) is 13.9. The number of carbonyl (C=O) groups is 1. The van der Waals surface area contributed by atoms with E-state index in [1.807, 2.05) is 0 Å². The van der Waals surface area contributed by atoms with Crippen molar-refractivity contribution < 1.29 is 13.7 Å². The van der Waals surface area contributed by atoms with E-state index < -0.39 is 16.8 Å². The van der Waals surface area contributed by atoms with Crippen molar-refractivity contribution in [3.8, 4) is 0 Å². The topological polar surface area (TPSA) is 81.4 Å². The van der Waals surface area contributed by atoms with E-state index in [0.717, 1.165) is 12.8 Å². The van der Waals surface area contributed by atoms with E-state index in [4.69, 9.17) is 10.5 Å². The minimum atomic E-state index is -0.703. The Labute approximate surface area is 115 Å². The fourth-order valence-electron chi connectivity index (χ4n) is 2.15. The lowest BCUT2D eigenvalue weighted by Crippen LogP contribution is -2.30. The molecule has 1 fully saturated rings. The predicted molar refractivity (Wildman–Crippen MR) is 76.7 cm³/mol. The van der Waals surface area contributed by atoms with E-state index in [9.17, 15) is 9.00 Å². The van der Waals surface area contributed by atoms with E-state index >= 15 is 0 Å². The van der Waals surface area contributed by atoms with Crippen molar-refractivity contribution in [3.05, 3.63) is 23.8 Å². The van der Waals surface area contributed by atoms with Gasteiger partial charge in [0.05, 0.1) is 24.0 Å².